The number of carbonyl (C=O) groups is 3. The van der Waals surface area contributed by atoms with Gasteiger partial charge in [-0.1, -0.05) is 42.5 Å². The van der Waals surface area contributed by atoms with Crippen molar-refractivity contribution in [2.24, 2.45) is 0 Å². The Labute approximate surface area is 236 Å². The first-order valence-electron chi connectivity index (χ1n) is 13.2. The second-order valence-electron chi connectivity index (χ2n) is 11.9. The van der Waals surface area contributed by atoms with Crippen molar-refractivity contribution in [3.05, 3.63) is 70.7 Å². The fraction of sp³-hybridized carbons (Fsp3) is 0.419. The monoisotopic (exact) mass is 548 g/mol. The van der Waals surface area contributed by atoms with E-state index in [1.807, 2.05) is 56.3 Å². The Bertz CT molecular complexity index is 1410. The number of allylic oxidation sites excluding steroid dienone is 1. The normalized spacial score (nSPS) is 12.1. The predicted octanol–water partition coefficient (Wildman–Crippen LogP) is 6.59. The van der Waals surface area contributed by atoms with E-state index >= 15 is 0 Å². The highest BCUT2D eigenvalue weighted by Gasteiger charge is 2.37. The van der Waals surface area contributed by atoms with E-state index in [-0.39, 0.29) is 18.0 Å². The van der Waals surface area contributed by atoms with Crippen LogP contribution in [0.15, 0.2) is 42.6 Å². The third-order valence-corrected chi connectivity index (χ3v) is 5.91. The Kier molecular flexibility index (Phi) is 8.77. The Morgan fingerprint density at radius 1 is 0.925 bits per heavy atom. The molecule has 0 bridgehead atoms. The van der Waals surface area contributed by atoms with Crippen molar-refractivity contribution in [3.63, 3.8) is 0 Å². The molecule has 3 amide bonds. The van der Waals surface area contributed by atoms with Gasteiger partial charge < -0.3 is 18.8 Å². The number of ether oxygens (including phenoxy) is 2. The molecule has 0 radical (unpaired) electrons. The number of anilines is 1. The lowest BCUT2D eigenvalue weighted by atomic mass is 10.0. The summed E-state index contributed by atoms with van der Waals surface area (Å²) < 4.78 is 13.1. The molecule has 0 atom stereocenters. The lowest BCUT2D eigenvalue weighted by molar-refractivity contribution is 0.0429. The summed E-state index contributed by atoms with van der Waals surface area (Å²) in [7, 11) is 3.31. The first-order chi connectivity index (χ1) is 18.5. The summed E-state index contributed by atoms with van der Waals surface area (Å²) in [5, 5.41) is 0. The number of nitrogens with zero attached hydrogens (tertiary/aromatic N) is 4. The van der Waals surface area contributed by atoms with Crippen molar-refractivity contribution >= 4 is 35.5 Å². The van der Waals surface area contributed by atoms with E-state index in [0.29, 0.717) is 22.5 Å². The minimum absolute atomic E-state index is 0.144. The van der Waals surface area contributed by atoms with Gasteiger partial charge in [0.05, 0.1) is 11.3 Å². The average Bonchev–Trinajstić information content (AvgIpc) is 3.11. The third kappa shape index (κ3) is 7.08. The molecule has 9 nitrogen and oxygen atoms in total. The summed E-state index contributed by atoms with van der Waals surface area (Å²) in [5.74, 6) is -0.287. The lowest BCUT2D eigenvalue weighted by Gasteiger charge is -2.30. The molecule has 40 heavy (non-hydrogen) atoms. The molecule has 3 aromatic rings. The fourth-order valence-electron chi connectivity index (χ4n) is 4.04. The number of hydrogen-bond acceptors (Lipinski definition) is 6. The SMILES string of the molecule is Cc1nc2c(N(C(=O)OC(C)(C)C)C(=O)OC(C)(C)C)c(C/C=C/c3ccccc3)c(C(=O)N(C)C)cn2c1C. The Hall–Kier alpha value is -4.14. The van der Waals surface area contributed by atoms with E-state index < -0.39 is 23.4 Å². The molecule has 0 N–H and O–H groups in total. The summed E-state index contributed by atoms with van der Waals surface area (Å²) in [6.07, 6.45) is 3.90. The zero-order valence-corrected chi connectivity index (χ0v) is 25.2. The predicted molar refractivity (Wildman–Crippen MR) is 157 cm³/mol. The molecule has 3 rings (SSSR count). The maximum Gasteiger partial charge on any atom is 0.424 e. The zero-order valence-electron chi connectivity index (χ0n) is 25.2. The van der Waals surface area contributed by atoms with Crippen LogP contribution in [0.25, 0.3) is 11.7 Å². The maximum atomic E-state index is 13.7. The minimum atomic E-state index is -0.926. The second kappa shape index (κ2) is 11.5. The van der Waals surface area contributed by atoms with E-state index in [2.05, 4.69) is 0 Å². The van der Waals surface area contributed by atoms with Gasteiger partial charge in [0.15, 0.2) is 5.65 Å². The Morgan fingerprint density at radius 3 is 1.98 bits per heavy atom. The smallest absolute Gasteiger partial charge is 0.424 e. The van der Waals surface area contributed by atoms with Crippen molar-refractivity contribution in [1.29, 1.82) is 0 Å². The molecule has 0 saturated carbocycles. The van der Waals surface area contributed by atoms with Crippen LogP contribution in [0.3, 0.4) is 0 Å². The fourth-order valence-corrected chi connectivity index (χ4v) is 4.04. The van der Waals surface area contributed by atoms with E-state index in [9.17, 15) is 14.4 Å². The molecule has 0 unspecified atom stereocenters. The maximum absolute atomic E-state index is 13.7. The van der Waals surface area contributed by atoms with Crippen LogP contribution in [0.2, 0.25) is 0 Å². The standard InChI is InChI=1S/C31H40N4O5/c1-20-21(2)34-19-24(27(36)33(9)10)23(18-14-17-22-15-12-11-13-16-22)25(26(34)32-20)35(28(37)39-30(3,4)5)29(38)40-31(6,7)8/h11-17,19H,18H2,1-10H3/b17-14+. The molecule has 0 spiro atoms. The first kappa shape index (κ1) is 30.4. The molecule has 1 aromatic carbocycles. The number of hydrogen-bond donors (Lipinski definition) is 0. The number of carbonyl (C=O) groups excluding carboxylic acids is 3. The Morgan fingerprint density at radius 2 is 1.48 bits per heavy atom. The van der Waals surface area contributed by atoms with Crippen LogP contribution in [-0.2, 0) is 15.9 Å². The van der Waals surface area contributed by atoms with Crippen molar-refractivity contribution in [1.82, 2.24) is 14.3 Å². The van der Waals surface area contributed by atoms with E-state index in [0.717, 1.165) is 16.2 Å². The van der Waals surface area contributed by atoms with E-state index in [4.69, 9.17) is 14.5 Å². The number of aryl methyl sites for hydroxylation is 2. The molecular formula is C31H40N4O5. The van der Waals surface area contributed by atoms with Gasteiger partial charge in [-0.3, -0.25) is 4.79 Å². The van der Waals surface area contributed by atoms with Gasteiger partial charge in [0.1, 0.15) is 16.9 Å². The van der Waals surface area contributed by atoms with Gasteiger partial charge in [0.2, 0.25) is 0 Å². The third-order valence-electron chi connectivity index (χ3n) is 5.91. The summed E-state index contributed by atoms with van der Waals surface area (Å²) in [4.78, 5) is 48.1. The number of pyridine rings is 1. The van der Waals surface area contributed by atoms with Crippen LogP contribution in [0.4, 0.5) is 15.3 Å². The van der Waals surface area contributed by atoms with Gasteiger partial charge >= 0.3 is 12.2 Å². The average molecular weight is 549 g/mol. The van der Waals surface area contributed by atoms with Crippen LogP contribution in [0.5, 0.6) is 0 Å². The van der Waals surface area contributed by atoms with Gasteiger partial charge in [-0.2, -0.15) is 4.90 Å². The van der Waals surface area contributed by atoms with Crippen molar-refractivity contribution in [3.8, 4) is 0 Å². The number of aromatic nitrogens is 2. The van der Waals surface area contributed by atoms with Crippen LogP contribution >= 0.6 is 0 Å². The highest BCUT2D eigenvalue weighted by molar-refractivity contribution is 6.14. The first-order valence-corrected chi connectivity index (χ1v) is 13.2. The van der Waals surface area contributed by atoms with Gasteiger partial charge in [0.25, 0.3) is 5.91 Å². The van der Waals surface area contributed by atoms with Gasteiger partial charge in [-0.05, 0) is 72.9 Å². The van der Waals surface area contributed by atoms with Crippen molar-refractivity contribution in [2.45, 2.75) is 73.0 Å². The number of fused-ring (bicyclic) bond motifs is 1. The number of imide groups is 1. The van der Waals surface area contributed by atoms with E-state index in [1.165, 1.54) is 4.90 Å². The van der Waals surface area contributed by atoms with Crippen LogP contribution in [-0.4, -0.2) is 57.7 Å². The number of rotatable bonds is 5. The van der Waals surface area contributed by atoms with Gasteiger partial charge in [-0.15, -0.1) is 0 Å². The van der Waals surface area contributed by atoms with Crippen molar-refractivity contribution < 1.29 is 23.9 Å². The highest BCUT2D eigenvalue weighted by atomic mass is 16.6. The van der Waals surface area contributed by atoms with E-state index in [1.54, 1.807) is 66.2 Å². The van der Waals surface area contributed by atoms with Crippen LogP contribution < -0.4 is 4.90 Å². The number of benzene rings is 1. The summed E-state index contributed by atoms with van der Waals surface area (Å²) in [6, 6.07) is 9.71. The summed E-state index contributed by atoms with van der Waals surface area (Å²) in [5.41, 5.74) is 1.87. The van der Waals surface area contributed by atoms with Gasteiger partial charge in [-0.25, -0.2) is 14.6 Å². The minimum Gasteiger partial charge on any atom is -0.443 e. The van der Waals surface area contributed by atoms with Crippen molar-refractivity contribution in [2.75, 3.05) is 19.0 Å². The topological polar surface area (TPSA) is 93.5 Å². The quantitative estimate of drug-likeness (QED) is 0.357. The molecule has 2 heterocycles. The molecule has 0 aliphatic heterocycles. The molecular weight excluding hydrogens is 508 g/mol. The molecule has 9 heteroatoms. The molecule has 0 aliphatic carbocycles. The van der Waals surface area contributed by atoms with Gasteiger partial charge in [0, 0.05) is 26.0 Å². The molecule has 0 fully saturated rings. The largest absolute Gasteiger partial charge is 0.443 e. The Balaban J connectivity index is 2.39. The highest BCUT2D eigenvalue weighted by Crippen LogP contribution is 2.34. The molecule has 2 aromatic heterocycles. The lowest BCUT2D eigenvalue weighted by Crippen LogP contribution is -2.44. The number of amides is 3. The molecule has 0 saturated heterocycles. The molecule has 214 valence electrons. The summed E-state index contributed by atoms with van der Waals surface area (Å²) in [6.45, 7) is 14.0. The second-order valence-corrected chi connectivity index (χ2v) is 11.9. The van der Waals surface area contributed by atoms with Crippen LogP contribution in [0.1, 0.15) is 74.4 Å². The number of imidazole rings is 1. The summed E-state index contributed by atoms with van der Waals surface area (Å²) >= 11 is 0. The zero-order chi connectivity index (χ0) is 30.0. The van der Waals surface area contributed by atoms with Crippen LogP contribution in [0, 0.1) is 13.8 Å². The molecule has 0 aliphatic rings.